The van der Waals surface area contributed by atoms with E-state index in [0.717, 1.165) is 35.2 Å². The lowest BCUT2D eigenvalue weighted by Gasteiger charge is -2.15. The first-order valence-corrected chi connectivity index (χ1v) is 7.22. The summed E-state index contributed by atoms with van der Waals surface area (Å²) in [6, 6.07) is 0. The summed E-state index contributed by atoms with van der Waals surface area (Å²) in [6.45, 7) is 11.2. The molecule has 0 fully saturated rings. The van der Waals surface area contributed by atoms with Gasteiger partial charge in [-0.25, -0.2) is 4.98 Å². The molecule has 1 heterocycles. The third-order valence-corrected chi connectivity index (χ3v) is 3.94. The van der Waals surface area contributed by atoms with Crippen LogP contribution in [0.1, 0.15) is 49.2 Å². The van der Waals surface area contributed by atoms with Gasteiger partial charge in [0.2, 0.25) is 0 Å². The number of carboxylic acid groups (broad SMARTS) is 1. The Morgan fingerprint density at radius 3 is 2.44 bits per heavy atom. The van der Waals surface area contributed by atoms with Crippen LogP contribution in [0.25, 0.3) is 0 Å². The van der Waals surface area contributed by atoms with Gasteiger partial charge in [0.05, 0.1) is 18.7 Å². The number of carbonyl (C=O) groups is 1. The minimum Gasteiger partial charge on any atom is -0.481 e. The first-order chi connectivity index (χ1) is 8.47. The molecule has 5 heteroatoms. The lowest BCUT2D eigenvalue weighted by molar-refractivity contribution is -0.136. The molecule has 1 N–H and O–H groups in total. The Hall–Kier alpha value is -0.940. The van der Waals surface area contributed by atoms with Gasteiger partial charge in [0.1, 0.15) is 5.01 Å². The SMILES string of the molecule is CCN(CC)Cc1nc(C(C)C)c(CC(=O)O)s1. The molecule has 102 valence electrons. The number of rotatable bonds is 7. The number of aromatic nitrogens is 1. The summed E-state index contributed by atoms with van der Waals surface area (Å²) < 4.78 is 0. The van der Waals surface area contributed by atoms with Gasteiger partial charge in [-0.15, -0.1) is 11.3 Å². The lowest BCUT2D eigenvalue weighted by Crippen LogP contribution is -2.21. The smallest absolute Gasteiger partial charge is 0.308 e. The summed E-state index contributed by atoms with van der Waals surface area (Å²) in [5.74, 6) is -0.504. The maximum Gasteiger partial charge on any atom is 0.308 e. The van der Waals surface area contributed by atoms with E-state index in [-0.39, 0.29) is 12.3 Å². The molecule has 0 amide bonds. The van der Waals surface area contributed by atoms with Crippen LogP contribution in [-0.4, -0.2) is 34.0 Å². The molecule has 0 spiro atoms. The van der Waals surface area contributed by atoms with Crippen molar-refractivity contribution in [3.05, 3.63) is 15.6 Å². The fourth-order valence-electron chi connectivity index (χ4n) is 1.84. The zero-order valence-electron chi connectivity index (χ0n) is 11.6. The van der Waals surface area contributed by atoms with Crippen LogP contribution in [0.5, 0.6) is 0 Å². The van der Waals surface area contributed by atoms with Crippen molar-refractivity contribution in [1.82, 2.24) is 9.88 Å². The summed E-state index contributed by atoms with van der Waals surface area (Å²) in [4.78, 5) is 18.7. The second-order valence-corrected chi connectivity index (χ2v) is 5.77. The van der Waals surface area contributed by atoms with E-state index in [9.17, 15) is 4.79 Å². The normalized spacial score (nSPS) is 11.4. The zero-order valence-corrected chi connectivity index (χ0v) is 12.4. The average Bonchev–Trinajstić information content (AvgIpc) is 2.68. The highest BCUT2D eigenvalue weighted by Crippen LogP contribution is 2.26. The predicted octanol–water partition coefficient (Wildman–Crippen LogP) is 2.74. The van der Waals surface area contributed by atoms with E-state index in [1.807, 2.05) is 0 Å². The van der Waals surface area contributed by atoms with Gasteiger partial charge in [-0.05, 0) is 19.0 Å². The van der Waals surface area contributed by atoms with E-state index >= 15 is 0 Å². The molecule has 0 bridgehead atoms. The van der Waals surface area contributed by atoms with Crippen molar-refractivity contribution < 1.29 is 9.90 Å². The minimum atomic E-state index is -0.782. The van der Waals surface area contributed by atoms with Crippen molar-refractivity contribution in [3.8, 4) is 0 Å². The Morgan fingerprint density at radius 2 is 2.00 bits per heavy atom. The Morgan fingerprint density at radius 1 is 1.39 bits per heavy atom. The first-order valence-electron chi connectivity index (χ1n) is 6.40. The number of hydrogen-bond acceptors (Lipinski definition) is 4. The topological polar surface area (TPSA) is 53.4 Å². The number of nitrogens with zero attached hydrogens (tertiary/aromatic N) is 2. The molecule has 0 unspecified atom stereocenters. The van der Waals surface area contributed by atoms with Crippen LogP contribution in [0.15, 0.2) is 0 Å². The molecular weight excluding hydrogens is 248 g/mol. The van der Waals surface area contributed by atoms with Crippen molar-refractivity contribution in [1.29, 1.82) is 0 Å². The molecule has 0 aromatic carbocycles. The van der Waals surface area contributed by atoms with E-state index < -0.39 is 5.97 Å². The third kappa shape index (κ3) is 4.07. The molecule has 1 aromatic heterocycles. The van der Waals surface area contributed by atoms with Gasteiger partial charge in [-0.2, -0.15) is 0 Å². The van der Waals surface area contributed by atoms with E-state index in [4.69, 9.17) is 5.11 Å². The Labute approximate surface area is 113 Å². The van der Waals surface area contributed by atoms with Crippen LogP contribution in [-0.2, 0) is 17.8 Å². The number of carboxylic acids is 1. The molecule has 0 aliphatic rings. The summed E-state index contributed by atoms with van der Waals surface area (Å²) in [7, 11) is 0. The Bertz CT molecular complexity index is 398. The third-order valence-electron chi connectivity index (χ3n) is 2.88. The molecule has 0 aliphatic heterocycles. The van der Waals surface area contributed by atoms with Gasteiger partial charge in [-0.3, -0.25) is 9.69 Å². The second-order valence-electron chi connectivity index (χ2n) is 4.60. The summed E-state index contributed by atoms with van der Waals surface area (Å²) in [5, 5.41) is 9.95. The van der Waals surface area contributed by atoms with E-state index in [2.05, 4.69) is 37.6 Å². The predicted molar refractivity (Wildman–Crippen MR) is 74.2 cm³/mol. The average molecular weight is 270 g/mol. The van der Waals surface area contributed by atoms with Crippen molar-refractivity contribution >= 4 is 17.3 Å². The lowest BCUT2D eigenvalue weighted by atomic mass is 10.1. The maximum absolute atomic E-state index is 10.9. The van der Waals surface area contributed by atoms with Gasteiger partial charge >= 0.3 is 5.97 Å². The molecule has 0 aliphatic carbocycles. The van der Waals surface area contributed by atoms with Crippen LogP contribution < -0.4 is 0 Å². The van der Waals surface area contributed by atoms with Gasteiger partial charge in [0.25, 0.3) is 0 Å². The van der Waals surface area contributed by atoms with E-state index in [0.29, 0.717) is 0 Å². The van der Waals surface area contributed by atoms with E-state index in [1.165, 1.54) is 0 Å². The highest BCUT2D eigenvalue weighted by atomic mass is 32.1. The standard InChI is InChI=1S/C13H22N2O2S/c1-5-15(6-2)8-11-14-13(9(3)4)10(18-11)7-12(16)17/h9H,5-8H2,1-4H3,(H,16,17). The van der Waals surface area contributed by atoms with Crippen LogP contribution in [0, 0.1) is 0 Å². The first kappa shape index (κ1) is 15.1. The molecule has 18 heavy (non-hydrogen) atoms. The second kappa shape index (κ2) is 6.85. The van der Waals surface area contributed by atoms with Crippen LogP contribution >= 0.6 is 11.3 Å². The summed E-state index contributed by atoms with van der Waals surface area (Å²) in [5.41, 5.74) is 0.949. The molecule has 0 radical (unpaired) electrons. The Kier molecular flexibility index (Phi) is 5.75. The summed E-state index contributed by atoms with van der Waals surface area (Å²) >= 11 is 1.54. The van der Waals surface area contributed by atoms with Crippen molar-refractivity contribution in [2.45, 2.75) is 46.6 Å². The highest BCUT2D eigenvalue weighted by molar-refractivity contribution is 7.11. The van der Waals surface area contributed by atoms with Crippen molar-refractivity contribution in [2.24, 2.45) is 0 Å². The van der Waals surface area contributed by atoms with Gasteiger partial charge in [0, 0.05) is 4.88 Å². The molecule has 0 atom stereocenters. The largest absolute Gasteiger partial charge is 0.481 e. The fourth-order valence-corrected chi connectivity index (χ4v) is 3.09. The molecule has 0 saturated heterocycles. The van der Waals surface area contributed by atoms with Gasteiger partial charge in [-0.1, -0.05) is 27.7 Å². The van der Waals surface area contributed by atoms with Crippen LogP contribution in [0.3, 0.4) is 0 Å². The quantitative estimate of drug-likeness (QED) is 0.827. The van der Waals surface area contributed by atoms with E-state index in [1.54, 1.807) is 11.3 Å². The fraction of sp³-hybridized carbons (Fsp3) is 0.692. The van der Waals surface area contributed by atoms with Gasteiger partial charge < -0.3 is 5.11 Å². The van der Waals surface area contributed by atoms with Crippen molar-refractivity contribution in [3.63, 3.8) is 0 Å². The molecular formula is C13H22N2O2S. The molecule has 1 aromatic rings. The van der Waals surface area contributed by atoms with Crippen LogP contribution in [0.4, 0.5) is 0 Å². The van der Waals surface area contributed by atoms with Gasteiger partial charge in [0.15, 0.2) is 0 Å². The van der Waals surface area contributed by atoms with Crippen LogP contribution in [0.2, 0.25) is 0 Å². The Balaban J connectivity index is 2.91. The minimum absolute atomic E-state index is 0.0867. The molecule has 1 rings (SSSR count). The molecule has 4 nitrogen and oxygen atoms in total. The van der Waals surface area contributed by atoms with Crippen molar-refractivity contribution in [2.75, 3.05) is 13.1 Å². The zero-order chi connectivity index (χ0) is 13.7. The number of thiazole rings is 1. The number of aliphatic carboxylic acids is 1. The number of hydrogen-bond donors (Lipinski definition) is 1. The summed E-state index contributed by atoms with van der Waals surface area (Å²) in [6.07, 6.45) is 0.0867. The maximum atomic E-state index is 10.9. The highest BCUT2D eigenvalue weighted by Gasteiger charge is 2.17. The molecule has 0 saturated carbocycles. The monoisotopic (exact) mass is 270 g/mol.